The summed E-state index contributed by atoms with van der Waals surface area (Å²) in [5.41, 5.74) is 4.86. The number of benzene rings is 2. The predicted octanol–water partition coefficient (Wildman–Crippen LogP) is 3.00. The summed E-state index contributed by atoms with van der Waals surface area (Å²) in [4.78, 5) is 57.5. The van der Waals surface area contributed by atoms with Crippen LogP contribution in [-0.2, 0) is 20.5 Å². The zero-order chi connectivity index (χ0) is 33.4. The van der Waals surface area contributed by atoms with Gasteiger partial charge in [0.25, 0.3) is 17.7 Å². The quantitative estimate of drug-likeness (QED) is 0.376. The Kier molecular flexibility index (Phi) is 7.33. The van der Waals surface area contributed by atoms with Gasteiger partial charge in [-0.3, -0.25) is 24.1 Å². The van der Waals surface area contributed by atoms with E-state index in [9.17, 15) is 36.7 Å². The minimum atomic E-state index is -4.71. The molecule has 3 aromatic rings. The van der Waals surface area contributed by atoms with Gasteiger partial charge in [-0.25, -0.2) is 9.07 Å². The number of nitrogens with two attached hydrogens (primary N) is 1. The number of ether oxygens (including phenoxy) is 1. The van der Waals surface area contributed by atoms with E-state index in [1.807, 2.05) is 0 Å². The Labute approximate surface area is 265 Å². The molecule has 3 N–H and O–H groups in total. The van der Waals surface area contributed by atoms with E-state index in [1.165, 1.54) is 40.1 Å². The lowest BCUT2D eigenvalue weighted by molar-refractivity contribution is -0.137. The molecule has 4 aliphatic rings. The first-order valence-corrected chi connectivity index (χ1v) is 15.3. The molecular formula is C32H30F4N6O5. The number of likely N-dealkylation sites (N-methyl/N-ethyl adjacent to an activating group) is 1. The Balaban J connectivity index is 1.39. The number of carbonyl (C=O) groups is 4. The van der Waals surface area contributed by atoms with E-state index in [2.05, 4.69) is 5.32 Å². The van der Waals surface area contributed by atoms with Crippen molar-refractivity contribution in [3.63, 3.8) is 0 Å². The van der Waals surface area contributed by atoms with Crippen molar-refractivity contribution >= 4 is 29.4 Å². The largest absolute Gasteiger partial charge is 0.416 e. The lowest BCUT2D eigenvalue weighted by atomic mass is 9.80. The van der Waals surface area contributed by atoms with Gasteiger partial charge in [-0.2, -0.15) is 18.3 Å². The van der Waals surface area contributed by atoms with Crippen molar-refractivity contribution in [2.24, 2.45) is 11.7 Å². The number of carbonyl (C=O) groups excluding carboxylic acids is 4. The minimum absolute atomic E-state index is 0.0655. The summed E-state index contributed by atoms with van der Waals surface area (Å²) in [5.74, 6) is -4.07. The molecule has 2 saturated heterocycles. The first-order chi connectivity index (χ1) is 22.4. The molecule has 47 heavy (non-hydrogen) atoms. The Morgan fingerprint density at radius 2 is 1.81 bits per heavy atom. The zero-order valence-electron chi connectivity index (χ0n) is 25.0. The number of nitrogens with zero attached hydrogens (tertiary/aromatic N) is 4. The van der Waals surface area contributed by atoms with Crippen LogP contribution in [-0.4, -0.2) is 76.2 Å². The molecule has 3 fully saturated rings. The molecule has 0 bridgehead atoms. The van der Waals surface area contributed by atoms with Gasteiger partial charge in [0.05, 0.1) is 18.8 Å². The summed E-state index contributed by atoms with van der Waals surface area (Å²) >= 11 is 0. The number of hydrogen-bond donors (Lipinski definition) is 2. The van der Waals surface area contributed by atoms with Crippen LogP contribution in [0, 0.1) is 11.7 Å². The molecular weight excluding hydrogens is 624 g/mol. The predicted molar refractivity (Wildman–Crippen MR) is 157 cm³/mol. The fourth-order valence-electron chi connectivity index (χ4n) is 7.02. The summed E-state index contributed by atoms with van der Waals surface area (Å²) in [7, 11) is 0. The van der Waals surface area contributed by atoms with E-state index in [0.29, 0.717) is 24.5 Å². The van der Waals surface area contributed by atoms with E-state index in [1.54, 1.807) is 11.6 Å². The molecule has 11 nitrogen and oxygen atoms in total. The highest BCUT2D eigenvalue weighted by atomic mass is 19.4. The van der Waals surface area contributed by atoms with Crippen molar-refractivity contribution in [2.45, 2.75) is 56.0 Å². The van der Waals surface area contributed by atoms with Crippen LogP contribution in [0.1, 0.15) is 69.3 Å². The lowest BCUT2D eigenvalue weighted by Gasteiger charge is -2.40. The van der Waals surface area contributed by atoms with Crippen LogP contribution in [0.4, 0.5) is 23.4 Å². The lowest BCUT2D eigenvalue weighted by Crippen LogP contribution is -2.56. The molecule has 4 amide bonds. The van der Waals surface area contributed by atoms with Crippen LogP contribution >= 0.6 is 0 Å². The van der Waals surface area contributed by atoms with Gasteiger partial charge in [0.1, 0.15) is 29.8 Å². The monoisotopic (exact) mass is 654 g/mol. The topological polar surface area (TPSA) is 140 Å². The molecule has 1 saturated carbocycles. The third-order valence-corrected chi connectivity index (χ3v) is 9.47. The van der Waals surface area contributed by atoms with Gasteiger partial charge in [-0.15, -0.1) is 0 Å². The van der Waals surface area contributed by atoms with E-state index in [-0.39, 0.29) is 60.4 Å². The number of hydrogen-bond acceptors (Lipinski definition) is 6. The molecule has 7 rings (SSSR count). The second-order valence-electron chi connectivity index (χ2n) is 12.3. The van der Waals surface area contributed by atoms with Crippen LogP contribution in [0.25, 0.3) is 0 Å². The van der Waals surface area contributed by atoms with E-state index in [0.717, 1.165) is 12.1 Å². The number of halogens is 4. The molecule has 4 heterocycles. The average molecular weight is 655 g/mol. The van der Waals surface area contributed by atoms with Crippen molar-refractivity contribution in [1.29, 1.82) is 0 Å². The number of rotatable bonds is 7. The third kappa shape index (κ3) is 5.12. The number of fused-ring (bicyclic) bond motifs is 2. The van der Waals surface area contributed by atoms with Crippen molar-refractivity contribution < 1.29 is 41.5 Å². The van der Waals surface area contributed by atoms with Gasteiger partial charge in [0, 0.05) is 29.6 Å². The SMILES string of the molecule is CCN1C(=O)[C@@H](NC(=O)c2cccc(C(F)(F)F)c2)[C@@H](c2ccc(F)cc2)c2c(C(=O)N3[C@@H]4C[C@@H]4C[C@H]3C(N)=O)nn(C3COC3)c21. The number of likely N-dealkylation sites (tertiary alicyclic amines) is 1. The van der Waals surface area contributed by atoms with E-state index < -0.39 is 59.2 Å². The first kappa shape index (κ1) is 30.8. The average Bonchev–Trinajstić information content (AvgIpc) is 3.52. The molecule has 0 unspecified atom stereocenters. The molecule has 15 heteroatoms. The fourth-order valence-corrected chi connectivity index (χ4v) is 7.02. The number of anilines is 1. The number of alkyl halides is 3. The van der Waals surface area contributed by atoms with Gasteiger partial charge in [-0.1, -0.05) is 18.2 Å². The number of amides is 4. The summed E-state index contributed by atoms with van der Waals surface area (Å²) in [6, 6.07) is 6.13. The molecule has 1 aliphatic carbocycles. The van der Waals surface area contributed by atoms with Gasteiger partial charge >= 0.3 is 6.18 Å². The van der Waals surface area contributed by atoms with Gasteiger partial charge in [-0.05, 0) is 61.6 Å². The van der Waals surface area contributed by atoms with Crippen molar-refractivity contribution in [3.05, 3.63) is 82.3 Å². The molecule has 2 aromatic carbocycles. The second-order valence-corrected chi connectivity index (χ2v) is 12.3. The number of nitrogens with one attached hydrogen (secondary N) is 1. The molecule has 5 atom stereocenters. The maximum absolute atomic E-state index is 14.5. The highest BCUT2D eigenvalue weighted by Gasteiger charge is 2.57. The molecule has 0 radical (unpaired) electrons. The van der Waals surface area contributed by atoms with Gasteiger partial charge in [0.2, 0.25) is 5.91 Å². The molecule has 246 valence electrons. The van der Waals surface area contributed by atoms with E-state index in [4.69, 9.17) is 15.6 Å². The fraction of sp³-hybridized carbons (Fsp3) is 0.406. The van der Waals surface area contributed by atoms with Gasteiger partial charge in [0.15, 0.2) is 5.69 Å². The van der Waals surface area contributed by atoms with Crippen molar-refractivity contribution in [1.82, 2.24) is 20.0 Å². The van der Waals surface area contributed by atoms with Crippen LogP contribution in [0.2, 0.25) is 0 Å². The maximum atomic E-state index is 14.5. The van der Waals surface area contributed by atoms with Crippen LogP contribution in [0.3, 0.4) is 0 Å². The summed E-state index contributed by atoms with van der Waals surface area (Å²) < 4.78 is 61.6. The smallest absolute Gasteiger partial charge is 0.377 e. The highest BCUT2D eigenvalue weighted by Crippen LogP contribution is 2.50. The first-order valence-electron chi connectivity index (χ1n) is 15.3. The maximum Gasteiger partial charge on any atom is 0.416 e. The van der Waals surface area contributed by atoms with E-state index >= 15 is 0 Å². The zero-order valence-corrected chi connectivity index (χ0v) is 25.0. The normalized spacial score (nSPS) is 25.2. The van der Waals surface area contributed by atoms with Crippen molar-refractivity contribution in [2.75, 3.05) is 24.7 Å². The van der Waals surface area contributed by atoms with Gasteiger partial charge < -0.3 is 20.7 Å². The Morgan fingerprint density at radius 1 is 1.09 bits per heavy atom. The highest BCUT2D eigenvalue weighted by molar-refractivity contribution is 6.08. The number of primary amides is 1. The molecule has 0 spiro atoms. The second kappa shape index (κ2) is 11.2. The standard InChI is InChI=1S/C32H30F4N6O5/c1-2-40-29-24(26(39-42(29)20-13-47-14-20)31(46)41-21-11-17(21)12-22(41)27(37)43)23(15-6-8-19(33)9-7-15)25(30(40)45)38-28(44)16-4-3-5-18(10-16)32(34,35)36/h3-10,17,20-23,25H,2,11-14H2,1H3,(H2,37,43)(H,38,44)/t17-,21-,22+,23+,25+/m1/s1. The molecule has 1 aromatic heterocycles. The summed E-state index contributed by atoms with van der Waals surface area (Å²) in [5, 5.41) is 7.36. The Hall–Kier alpha value is -4.79. The summed E-state index contributed by atoms with van der Waals surface area (Å²) in [6.45, 7) is 2.29. The van der Waals surface area contributed by atoms with Crippen LogP contribution < -0.4 is 16.0 Å². The minimum Gasteiger partial charge on any atom is -0.377 e. The third-order valence-electron chi connectivity index (χ3n) is 9.47. The van der Waals surface area contributed by atoms with Crippen LogP contribution in [0.15, 0.2) is 48.5 Å². The Morgan fingerprint density at radius 3 is 2.43 bits per heavy atom. The molecule has 3 aliphatic heterocycles. The van der Waals surface area contributed by atoms with Crippen LogP contribution in [0.5, 0.6) is 0 Å². The number of piperidine rings is 1. The number of aromatic nitrogens is 2. The summed E-state index contributed by atoms with van der Waals surface area (Å²) in [6.07, 6.45) is -3.59. The van der Waals surface area contributed by atoms with Crippen molar-refractivity contribution in [3.8, 4) is 0 Å². The Bertz CT molecular complexity index is 1790.